The molecule has 4 nitrogen and oxygen atoms in total. The van der Waals surface area contributed by atoms with E-state index in [1.165, 1.54) is 6.33 Å². The molecule has 0 aliphatic rings. The second-order valence-corrected chi connectivity index (χ2v) is 5.88. The molecule has 1 aromatic heterocycles. The van der Waals surface area contributed by atoms with E-state index in [1.807, 2.05) is 72.8 Å². The van der Waals surface area contributed by atoms with Crippen LogP contribution < -0.4 is 10.1 Å². The first-order valence-corrected chi connectivity index (χ1v) is 8.16. The number of hydrogen-bond acceptors (Lipinski definition) is 4. The van der Waals surface area contributed by atoms with Crippen molar-refractivity contribution in [2.24, 2.45) is 0 Å². The number of para-hydroxylation sites is 1. The smallest absolute Gasteiger partial charge is 0.141 e. The van der Waals surface area contributed by atoms with Crippen LogP contribution in [0, 0.1) is 0 Å². The maximum absolute atomic E-state index is 6.09. The Morgan fingerprint density at radius 3 is 2.36 bits per heavy atom. The van der Waals surface area contributed by atoms with E-state index >= 15 is 0 Å². The second kappa shape index (κ2) is 6.79. The molecule has 0 aliphatic heterocycles. The molecule has 0 spiro atoms. The lowest BCUT2D eigenvalue weighted by atomic mass is 10.2. The van der Waals surface area contributed by atoms with Crippen molar-refractivity contribution >= 4 is 34.0 Å². The lowest BCUT2D eigenvalue weighted by Gasteiger charge is -2.10. The van der Waals surface area contributed by atoms with Gasteiger partial charge in [0, 0.05) is 16.1 Å². The normalized spacial score (nSPS) is 10.6. The lowest BCUT2D eigenvalue weighted by Crippen LogP contribution is -1.96. The van der Waals surface area contributed by atoms with Gasteiger partial charge in [0.2, 0.25) is 0 Å². The standard InChI is InChI=1S/C20H14ClN3O/c21-14-6-11-19-18(12-14)20(23-13-22-19)24-15-7-9-17(10-8-15)25-16-4-2-1-3-5-16/h1-13H,(H,22,23,24). The van der Waals surface area contributed by atoms with Crippen LogP contribution in [0.2, 0.25) is 5.02 Å². The molecule has 0 amide bonds. The van der Waals surface area contributed by atoms with Crippen molar-refractivity contribution in [1.29, 1.82) is 0 Å². The molecule has 5 heteroatoms. The van der Waals surface area contributed by atoms with E-state index in [1.54, 1.807) is 0 Å². The van der Waals surface area contributed by atoms with Gasteiger partial charge >= 0.3 is 0 Å². The monoisotopic (exact) mass is 347 g/mol. The van der Waals surface area contributed by atoms with Gasteiger partial charge in [-0.25, -0.2) is 9.97 Å². The molecule has 0 unspecified atom stereocenters. The third-order valence-electron chi connectivity index (χ3n) is 3.69. The van der Waals surface area contributed by atoms with Crippen LogP contribution in [0.5, 0.6) is 11.5 Å². The molecule has 0 atom stereocenters. The average molecular weight is 348 g/mol. The third kappa shape index (κ3) is 3.54. The van der Waals surface area contributed by atoms with Gasteiger partial charge < -0.3 is 10.1 Å². The predicted octanol–water partition coefficient (Wildman–Crippen LogP) is 5.82. The van der Waals surface area contributed by atoms with Crippen LogP contribution in [0.25, 0.3) is 10.9 Å². The van der Waals surface area contributed by atoms with Gasteiger partial charge in [-0.05, 0) is 54.6 Å². The first-order chi connectivity index (χ1) is 12.3. The highest BCUT2D eigenvalue weighted by Gasteiger charge is 2.05. The minimum absolute atomic E-state index is 0.650. The molecule has 0 saturated carbocycles. The Bertz CT molecular complexity index is 1000. The van der Waals surface area contributed by atoms with Gasteiger partial charge in [0.15, 0.2) is 0 Å². The maximum atomic E-state index is 6.09. The fourth-order valence-electron chi connectivity index (χ4n) is 2.50. The molecule has 0 bridgehead atoms. The summed E-state index contributed by atoms with van der Waals surface area (Å²) < 4.78 is 5.80. The highest BCUT2D eigenvalue weighted by Crippen LogP contribution is 2.27. The summed E-state index contributed by atoms with van der Waals surface area (Å²) in [7, 11) is 0. The van der Waals surface area contributed by atoms with E-state index in [9.17, 15) is 0 Å². The Kier molecular flexibility index (Phi) is 4.19. The van der Waals surface area contributed by atoms with E-state index in [0.29, 0.717) is 10.8 Å². The number of ether oxygens (including phenoxy) is 1. The molecule has 122 valence electrons. The van der Waals surface area contributed by atoms with Crippen molar-refractivity contribution in [3.05, 3.63) is 84.1 Å². The molecule has 0 aliphatic carbocycles. The molecule has 0 fully saturated rings. The second-order valence-electron chi connectivity index (χ2n) is 5.45. The predicted molar refractivity (Wildman–Crippen MR) is 101 cm³/mol. The SMILES string of the molecule is Clc1ccc2ncnc(Nc3ccc(Oc4ccccc4)cc3)c2c1. The molecule has 1 N–H and O–H groups in total. The molecule has 4 aromatic rings. The van der Waals surface area contributed by atoms with Gasteiger partial charge in [-0.1, -0.05) is 29.8 Å². The summed E-state index contributed by atoms with van der Waals surface area (Å²) >= 11 is 6.09. The van der Waals surface area contributed by atoms with Crippen molar-refractivity contribution in [3.63, 3.8) is 0 Å². The van der Waals surface area contributed by atoms with Crippen molar-refractivity contribution in [1.82, 2.24) is 9.97 Å². The first-order valence-electron chi connectivity index (χ1n) is 7.78. The molecular formula is C20H14ClN3O. The van der Waals surface area contributed by atoms with Gasteiger partial charge in [0.25, 0.3) is 0 Å². The highest BCUT2D eigenvalue weighted by molar-refractivity contribution is 6.31. The van der Waals surface area contributed by atoms with Gasteiger partial charge in [-0.2, -0.15) is 0 Å². The minimum Gasteiger partial charge on any atom is -0.457 e. The minimum atomic E-state index is 0.650. The molecular weight excluding hydrogens is 334 g/mol. The van der Waals surface area contributed by atoms with Crippen LogP contribution in [0.1, 0.15) is 0 Å². The molecule has 4 rings (SSSR count). The summed E-state index contributed by atoms with van der Waals surface area (Å²) in [6.45, 7) is 0. The quantitative estimate of drug-likeness (QED) is 0.505. The molecule has 0 saturated heterocycles. The van der Waals surface area contributed by atoms with Crippen LogP contribution in [-0.2, 0) is 0 Å². The van der Waals surface area contributed by atoms with Crippen LogP contribution >= 0.6 is 11.6 Å². The summed E-state index contributed by atoms with van der Waals surface area (Å²) in [5, 5.41) is 4.82. The summed E-state index contributed by atoms with van der Waals surface area (Å²) in [6.07, 6.45) is 1.53. The number of anilines is 2. The van der Waals surface area contributed by atoms with Gasteiger partial charge in [0.1, 0.15) is 23.6 Å². The number of benzene rings is 3. The first kappa shape index (κ1) is 15.4. The Hall–Kier alpha value is -3.11. The summed E-state index contributed by atoms with van der Waals surface area (Å²) in [6, 6.07) is 22.9. The number of nitrogens with one attached hydrogen (secondary N) is 1. The van der Waals surface area contributed by atoms with E-state index in [0.717, 1.165) is 28.1 Å². The molecule has 3 aromatic carbocycles. The zero-order chi connectivity index (χ0) is 17.1. The number of hydrogen-bond donors (Lipinski definition) is 1. The highest BCUT2D eigenvalue weighted by atomic mass is 35.5. The van der Waals surface area contributed by atoms with Crippen LogP contribution in [0.3, 0.4) is 0 Å². The summed E-state index contributed by atoms with van der Waals surface area (Å²) in [5.41, 5.74) is 1.74. The van der Waals surface area contributed by atoms with Crippen LogP contribution in [0.15, 0.2) is 79.1 Å². The Balaban J connectivity index is 1.56. The summed E-state index contributed by atoms with van der Waals surface area (Å²) in [4.78, 5) is 8.58. The Morgan fingerprint density at radius 2 is 1.56 bits per heavy atom. The average Bonchev–Trinajstić information content (AvgIpc) is 2.65. The van der Waals surface area contributed by atoms with Crippen LogP contribution in [0.4, 0.5) is 11.5 Å². The Labute approximate surface area is 150 Å². The number of nitrogens with zero attached hydrogens (tertiary/aromatic N) is 2. The number of halogens is 1. The van der Waals surface area contributed by atoms with E-state index in [-0.39, 0.29) is 0 Å². The fourth-order valence-corrected chi connectivity index (χ4v) is 2.67. The lowest BCUT2D eigenvalue weighted by molar-refractivity contribution is 0.483. The molecule has 1 heterocycles. The van der Waals surface area contributed by atoms with Crippen molar-refractivity contribution in [2.45, 2.75) is 0 Å². The fraction of sp³-hybridized carbons (Fsp3) is 0. The number of rotatable bonds is 4. The zero-order valence-corrected chi connectivity index (χ0v) is 13.9. The topological polar surface area (TPSA) is 47.0 Å². The number of fused-ring (bicyclic) bond motifs is 1. The van der Waals surface area contributed by atoms with Gasteiger partial charge in [-0.3, -0.25) is 0 Å². The van der Waals surface area contributed by atoms with Crippen molar-refractivity contribution in [2.75, 3.05) is 5.32 Å². The van der Waals surface area contributed by atoms with Crippen molar-refractivity contribution < 1.29 is 4.74 Å². The van der Waals surface area contributed by atoms with E-state index in [4.69, 9.17) is 16.3 Å². The van der Waals surface area contributed by atoms with Crippen molar-refractivity contribution in [3.8, 4) is 11.5 Å². The largest absolute Gasteiger partial charge is 0.457 e. The van der Waals surface area contributed by atoms with E-state index < -0.39 is 0 Å². The van der Waals surface area contributed by atoms with Crippen LogP contribution in [-0.4, -0.2) is 9.97 Å². The number of aromatic nitrogens is 2. The Morgan fingerprint density at radius 1 is 0.800 bits per heavy atom. The maximum Gasteiger partial charge on any atom is 0.141 e. The zero-order valence-electron chi connectivity index (χ0n) is 13.2. The van der Waals surface area contributed by atoms with Gasteiger partial charge in [-0.15, -0.1) is 0 Å². The van der Waals surface area contributed by atoms with E-state index in [2.05, 4.69) is 15.3 Å². The van der Waals surface area contributed by atoms with Gasteiger partial charge in [0.05, 0.1) is 5.52 Å². The summed E-state index contributed by atoms with van der Waals surface area (Å²) in [5.74, 6) is 2.29. The third-order valence-corrected chi connectivity index (χ3v) is 3.93. The molecule has 0 radical (unpaired) electrons. The molecule has 25 heavy (non-hydrogen) atoms.